The molecule has 0 aromatic heterocycles. The van der Waals surface area contributed by atoms with Crippen molar-refractivity contribution in [3.8, 4) is 0 Å². The van der Waals surface area contributed by atoms with Gasteiger partial charge in [0.15, 0.2) is 0 Å². The normalized spacial score (nSPS) is 11.1. The van der Waals surface area contributed by atoms with Crippen LogP contribution in [0.25, 0.3) is 0 Å². The molecule has 0 saturated heterocycles. The molecule has 0 aliphatic rings. The minimum Gasteiger partial charge on any atom is -0.465 e. The zero-order chi connectivity index (χ0) is 15.3. The van der Waals surface area contributed by atoms with E-state index in [1.165, 1.54) is 19.2 Å². The van der Waals surface area contributed by atoms with Gasteiger partial charge >= 0.3 is 5.97 Å². The number of carbonyl (C=O) groups is 1. The van der Waals surface area contributed by atoms with Gasteiger partial charge in [-0.15, -0.1) is 0 Å². The molecule has 0 fully saturated rings. The summed E-state index contributed by atoms with van der Waals surface area (Å²) in [5.41, 5.74) is 0.845. The predicted molar refractivity (Wildman–Crippen MR) is 78.2 cm³/mol. The fourth-order valence-corrected chi connectivity index (χ4v) is 3.04. The third-order valence-corrected chi connectivity index (χ3v) is 4.35. The molecular weight excluding hydrogens is 290 g/mol. The molecule has 110 valence electrons. The third kappa shape index (κ3) is 3.68. The molecule has 0 radical (unpaired) electrons. The summed E-state index contributed by atoms with van der Waals surface area (Å²) in [6.07, 6.45) is 0. The Bertz CT molecular complexity index is 726. The summed E-state index contributed by atoms with van der Waals surface area (Å²) in [5.74, 6) is -0.685. The summed E-state index contributed by atoms with van der Waals surface area (Å²) in [6, 6.07) is 15.1. The zero-order valence-corrected chi connectivity index (χ0v) is 12.3. The van der Waals surface area contributed by atoms with Crippen LogP contribution < -0.4 is 4.72 Å². The molecular formula is C15H15NO4S. The number of hydrogen-bond acceptors (Lipinski definition) is 4. The van der Waals surface area contributed by atoms with Crippen LogP contribution in [0.3, 0.4) is 0 Å². The maximum Gasteiger partial charge on any atom is 0.339 e. The molecule has 0 bridgehead atoms. The average molecular weight is 305 g/mol. The minimum absolute atomic E-state index is 0.0144. The Morgan fingerprint density at radius 1 is 1.05 bits per heavy atom. The molecule has 2 rings (SSSR count). The number of nitrogens with one attached hydrogen (secondary N) is 1. The smallest absolute Gasteiger partial charge is 0.339 e. The fraction of sp³-hybridized carbons (Fsp3) is 0.133. The van der Waals surface area contributed by atoms with Crippen molar-refractivity contribution in [3.05, 3.63) is 65.7 Å². The van der Waals surface area contributed by atoms with Crippen molar-refractivity contribution in [3.63, 3.8) is 0 Å². The Morgan fingerprint density at radius 2 is 1.67 bits per heavy atom. The van der Waals surface area contributed by atoms with Crippen molar-refractivity contribution in [2.24, 2.45) is 0 Å². The van der Waals surface area contributed by atoms with Gasteiger partial charge in [-0.2, -0.15) is 0 Å². The lowest BCUT2D eigenvalue weighted by Crippen LogP contribution is -2.25. The van der Waals surface area contributed by atoms with Crippen LogP contribution in [0.2, 0.25) is 0 Å². The number of ether oxygens (including phenoxy) is 1. The summed E-state index contributed by atoms with van der Waals surface area (Å²) in [7, 11) is -2.58. The summed E-state index contributed by atoms with van der Waals surface area (Å²) < 4.78 is 31.7. The molecule has 0 aliphatic heterocycles. The minimum atomic E-state index is -3.80. The number of benzene rings is 2. The third-order valence-electron chi connectivity index (χ3n) is 2.89. The van der Waals surface area contributed by atoms with Gasteiger partial charge in [0.05, 0.1) is 17.6 Å². The fourth-order valence-electron chi connectivity index (χ4n) is 1.83. The molecule has 2 aromatic rings. The van der Waals surface area contributed by atoms with Gasteiger partial charge in [-0.25, -0.2) is 17.9 Å². The molecule has 0 unspecified atom stereocenters. The van der Waals surface area contributed by atoms with Gasteiger partial charge < -0.3 is 4.74 Å². The standard InChI is InChI=1S/C15H15NO4S/c1-20-15(17)13-9-5-6-10-14(13)21(18,19)16-11-12-7-3-2-4-8-12/h2-10,16H,11H2,1H3. The van der Waals surface area contributed by atoms with E-state index in [9.17, 15) is 13.2 Å². The Balaban J connectivity index is 2.26. The number of hydrogen-bond donors (Lipinski definition) is 1. The van der Waals surface area contributed by atoms with Crippen LogP contribution >= 0.6 is 0 Å². The first-order valence-electron chi connectivity index (χ1n) is 6.25. The highest BCUT2D eigenvalue weighted by Gasteiger charge is 2.22. The number of esters is 1. The second kappa shape index (κ2) is 6.51. The van der Waals surface area contributed by atoms with Crippen molar-refractivity contribution in [1.82, 2.24) is 4.72 Å². The maximum atomic E-state index is 12.3. The summed E-state index contributed by atoms with van der Waals surface area (Å²) in [5, 5.41) is 0. The van der Waals surface area contributed by atoms with Crippen molar-refractivity contribution in [1.29, 1.82) is 0 Å². The topological polar surface area (TPSA) is 72.5 Å². The van der Waals surface area contributed by atoms with E-state index in [1.807, 2.05) is 30.3 Å². The largest absolute Gasteiger partial charge is 0.465 e. The highest BCUT2D eigenvalue weighted by molar-refractivity contribution is 7.89. The second-order valence-corrected chi connectivity index (χ2v) is 6.03. The van der Waals surface area contributed by atoms with Gasteiger partial charge in [0.2, 0.25) is 10.0 Å². The quantitative estimate of drug-likeness (QED) is 0.857. The van der Waals surface area contributed by atoms with E-state index in [4.69, 9.17) is 0 Å². The first-order chi connectivity index (χ1) is 10.0. The van der Waals surface area contributed by atoms with Crippen LogP contribution in [0.15, 0.2) is 59.5 Å². The number of rotatable bonds is 5. The Morgan fingerprint density at radius 3 is 2.33 bits per heavy atom. The summed E-state index contributed by atoms with van der Waals surface area (Å²) in [6.45, 7) is 0.151. The van der Waals surface area contributed by atoms with Gasteiger partial charge in [-0.1, -0.05) is 42.5 Å². The van der Waals surface area contributed by atoms with E-state index < -0.39 is 16.0 Å². The molecule has 21 heavy (non-hydrogen) atoms. The van der Waals surface area contributed by atoms with Gasteiger partial charge in [-0.3, -0.25) is 0 Å². The van der Waals surface area contributed by atoms with E-state index in [0.717, 1.165) is 5.56 Å². The number of methoxy groups -OCH3 is 1. The molecule has 5 nitrogen and oxygen atoms in total. The molecule has 1 N–H and O–H groups in total. The molecule has 0 saturated carbocycles. The maximum absolute atomic E-state index is 12.3. The van der Waals surface area contributed by atoms with E-state index >= 15 is 0 Å². The monoisotopic (exact) mass is 305 g/mol. The van der Waals surface area contributed by atoms with E-state index in [1.54, 1.807) is 12.1 Å². The number of carbonyl (C=O) groups excluding carboxylic acids is 1. The summed E-state index contributed by atoms with van der Waals surface area (Å²) >= 11 is 0. The predicted octanol–water partition coefficient (Wildman–Crippen LogP) is 1.95. The van der Waals surface area contributed by atoms with Crippen molar-refractivity contribution >= 4 is 16.0 Å². The lowest BCUT2D eigenvalue weighted by atomic mass is 10.2. The van der Waals surface area contributed by atoms with Crippen molar-refractivity contribution in [2.75, 3.05) is 7.11 Å². The molecule has 0 aliphatic carbocycles. The SMILES string of the molecule is COC(=O)c1ccccc1S(=O)(=O)NCc1ccccc1. The van der Waals surface area contributed by atoms with Crippen LogP contribution in [0.1, 0.15) is 15.9 Å². The van der Waals surface area contributed by atoms with Crippen molar-refractivity contribution < 1.29 is 17.9 Å². The van der Waals surface area contributed by atoms with Gasteiger partial charge in [0.1, 0.15) is 0 Å². The van der Waals surface area contributed by atoms with Crippen LogP contribution in [0, 0.1) is 0 Å². The highest BCUT2D eigenvalue weighted by Crippen LogP contribution is 2.16. The zero-order valence-electron chi connectivity index (χ0n) is 11.4. The van der Waals surface area contributed by atoms with Gasteiger partial charge in [0, 0.05) is 6.54 Å². The number of sulfonamides is 1. The lowest BCUT2D eigenvalue weighted by molar-refractivity contribution is 0.0596. The van der Waals surface area contributed by atoms with Crippen LogP contribution in [0.5, 0.6) is 0 Å². The van der Waals surface area contributed by atoms with Gasteiger partial charge in [0.25, 0.3) is 0 Å². The molecule has 2 aromatic carbocycles. The van der Waals surface area contributed by atoms with E-state index in [2.05, 4.69) is 9.46 Å². The second-order valence-electron chi connectivity index (χ2n) is 4.30. The average Bonchev–Trinajstić information content (AvgIpc) is 2.53. The summed E-state index contributed by atoms with van der Waals surface area (Å²) in [4.78, 5) is 11.6. The molecule has 0 atom stereocenters. The van der Waals surface area contributed by atoms with Crippen LogP contribution in [-0.2, 0) is 21.3 Å². The Labute approximate surface area is 123 Å². The van der Waals surface area contributed by atoms with Crippen molar-refractivity contribution in [2.45, 2.75) is 11.4 Å². The Kier molecular flexibility index (Phi) is 4.72. The van der Waals surface area contributed by atoms with Gasteiger partial charge in [-0.05, 0) is 17.7 Å². The first kappa shape index (κ1) is 15.2. The van der Waals surface area contributed by atoms with E-state index in [-0.39, 0.29) is 17.0 Å². The first-order valence-corrected chi connectivity index (χ1v) is 7.74. The molecule has 0 spiro atoms. The highest BCUT2D eigenvalue weighted by atomic mass is 32.2. The molecule has 0 heterocycles. The van der Waals surface area contributed by atoms with Crippen LogP contribution in [-0.4, -0.2) is 21.5 Å². The Hall–Kier alpha value is -2.18. The lowest BCUT2D eigenvalue weighted by Gasteiger charge is -2.10. The molecule has 0 amide bonds. The van der Waals surface area contributed by atoms with Crippen LogP contribution in [0.4, 0.5) is 0 Å². The van der Waals surface area contributed by atoms with E-state index in [0.29, 0.717) is 0 Å². The molecule has 6 heteroatoms.